The molecule has 0 saturated carbocycles. The number of Topliss-reactive ketones (excluding diaryl/α,β-unsaturated/α-hetero) is 2. The van der Waals surface area contributed by atoms with Crippen molar-refractivity contribution in [2.45, 2.75) is 6.92 Å². The molecule has 18 heavy (non-hydrogen) atoms. The van der Waals surface area contributed by atoms with Gasteiger partial charge in [0.1, 0.15) is 28.2 Å². The summed E-state index contributed by atoms with van der Waals surface area (Å²) in [6.45, 7) is 1.23. The molecule has 2 rings (SSSR count). The summed E-state index contributed by atoms with van der Waals surface area (Å²) in [5, 5.41) is -0.0786. The average molecular weight is 267 g/mol. The van der Waals surface area contributed by atoms with Gasteiger partial charge in [0.2, 0.25) is 0 Å². The Hall–Kier alpha value is -1.69. The molecule has 4 nitrogen and oxygen atoms in total. The van der Waals surface area contributed by atoms with E-state index in [2.05, 4.69) is 4.99 Å². The maximum absolute atomic E-state index is 13.6. The Morgan fingerprint density at radius 3 is 2.67 bits per heavy atom. The molecule has 0 amide bonds. The second-order valence-electron chi connectivity index (χ2n) is 3.95. The predicted molar refractivity (Wildman–Crippen MR) is 66.1 cm³/mol. The topological polar surface area (TPSA) is 63.6 Å². The van der Waals surface area contributed by atoms with Gasteiger partial charge in [-0.2, -0.15) is 0 Å². The molecule has 0 bridgehead atoms. The average Bonchev–Trinajstić information content (AvgIpc) is 2.29. The Balaban J connectivity index is 2.72. The first kappa shape index (κ1) is 12.8. The van der Waals surface area contributed by atoms with Gasteiger partial charge in [0.25, 0.3) is 0 Å². The lowest BCUT2D eigenvalue weighted by molar-refractivity contribution is -0.117. The summed E-state index contributed by atoms with van der Waals surface area (Å²) < 4.78 is 25.1. The second-order valence-corrected chi connectivity index (χ2v) is 5.27. The monoisotopic (exact) mass is 267 g/mol. The zero-order chi connectivity index (χ0) is 13.4. The van der Waals surface area contributed by atoms with Crippen LogP contribution in [0, 0.1) is 11.7 Å². The van der Waals surface area contributed by atoms with Crippen molar-refractivity contribution in [1.29, 1.82) is 0 Å². The van der Waals surface area contributed by atoms with Crippen molar-refractivity contribution in [1.82, 2.24) is 0 Å². The predicted octanol–water partition coefficient (Wildman–Crippen LogP) is 1.64. The normalized spacial score (nSPS) is 20.1. The summed E-state index contributed by atoms with van der Waals surface area (Å²) in [5.74, 6) is -2.81. The number of nitrogens with zero attached hydrogens (tertiary/aromatic N) is 1. The van der Waals surface area contributed by atoms with Crippen LogP contribution in [-0.4, -0.2) is 27.1 Å². The molecule has 1 aliphatic rings. The molecule has 94 valence electrons. The van der Waals surface area contributed by atoms with Gasteiger partial charge in [-0.15, -0.1) is 0 Å². The molecule has 0 N–H and O–H groups in total. The van der Waals surface area contributed by atoms with Crippen LogP contribution in [-0.2, 0) is 15.6 Å². The van der Waals surface area contributed by atoms with Gasteiger partial charge in [0.05, 0.1) is 10.8 Å². The number of rotatable bonds is 1. The fraction of sp³-hybridized carbons (Fsp3) is 0.250. The summed E-state index contributed by atoms with van der Waals surface area (Å²) in [7, 11) is -1.60. The Kier molecular flexibility index (Phi) is 3.21. The number of benzene rings is 1. The third kappa shape index (κ3) is 1.92. The molecule has 0 aliphatic carbocycles. The molecule has 0 spiro atoms. The Bertz CT molecular complexity index is 609. The van der Waals surface area contributed by atoms with Crippen LogP contribution >= 0.6 is 0 Å². The first-order valence-corrected chi connectivity index (χ1v) is 6.74. The van der Waals surface area contributed by atoms with E-state index in [4.69, 9.17) is 0 Å². The van der Waals surface area contributed by atoms with Crippen molar-refractivity contribution in [3.8, 4) is 0 Å². The van der Waals surface area contributed by atoms with Crippen molar-refractivity contribution in [3.05, 3.63) is 29.6 Å². The Morgan fingerprint density at radius 1 is 1.44 bits per heavy atom. The zero-order valence-electron chi connectivity index (χ0n) is 9.77. The molecular formula is C12H10FNO3S. The smallest absolute Gasteiger partial charge is 0.182 e. The van der Waals surface area contributed by atoms with Gasteiger partial charge in [-0.25, -0.2) is 9.38 Å². The zero-order valence-corrected chi connectivity index (χ0v) is 10.6. The molecule has 0 fully saturated rings. The number of ketones is 2. The largest absolute Gasteiger partial charge is 0.299 e. The van der Waals surface area contributed by atoms with E-state index in [0.717, 1.165) is 0 Å². The third-order valence-corrected chi connectivity index (χ3v) is 3.60. The molecule has 0 aromatic heterocycles. The number of carbonyl (C=O) groups excluding carboxylic acids is 2. The van der Waals surface area contributed by atoms with Crippen LogP contribution in [0.3, 0.4) is 0 Å². The van der Waals surface area contributed by atoms with Crippen LogP contribution < -0.4 is 0 Å². The Morgan fingerprint density at radius 2 is 2.11 bits per heavy atom. The van der Waals surface area contributed by atoms with Gasteiger partial charge in [-0.1, -0.05) is 6.07 Å². The van der Waals surface area contributed by atoms with E-state index in [9.17, 15) is 18.2 Å². The molecule has 6 heteroatoms. The number of para-hydroxylation sites is 1. The highest BCUT2D eigenvalue weighted by Gasteiger charge is 2.37. The van der Waals surface area contributed by atoms with Crippen molar-refractivity contribution in [2.75, 3.05) is 6.26 Å². The highest BCUT2D eigenvalue weighted by molar-refractivity contribution is 8.00. The number of carbonyl (C=O) groups is 2. The SMILES string of the molecule is CC(=O)C1C(=O)c2cccc(F)c2N=C1S(C)=O. The molecule has 1 heterocycles. The van der Waals surface area contributed by atoms with E-state index in [1.807, 2.05) is 0 Å². The van der Waals surface area contributed by atoms with Crippen LogP contribution in [0.1, 0.15) is 17.3 Å². The van der Waals surface area contributed by atoms with Crippen LogP contribution in [0.2, 0.25) is 0 Å². The highest BCUT2D eigenvalue weighted by Crippen LogP contribution is 2.32. The summed E-state index contributed by atoms with van der Waals surface area (Å²) in [6.07, 6.45) is 1.31. The lowest BCUT2D eigenvalue weighted by Crippen LogP contribution is -2.35. The van der Waals surface area contributed by atoms with E-state index in [1.165, 1.54) is 31.4 Å². The van der Waals surface area contributed by atoms with Crippen molar-refractivity contribution in [2.24, 2.45) is 10.9 Å². The van der Waals surface area contributed by atoms with E-state index in [0.29, 0.717) is 0 Å². The third-order valence-electron chi connectivity index (χ3n) is 2.68. The minimum atomic E-state index is -1.60. The van der Waals surface area contributed by atoms with E-state index in [-0.39, 0.29) is 16.3 Å². The van der Waals surface area contributed by atoms with Crippen LogP contribution in [0.25, 0.3) is 0 Å². The number of fused-ring (bicyclic) bond motifs is 1. The molecule has 1 aromatic carbocycles. The van der Waals surface area contributed by atoms with Crippen LogP contribution in [0.5, 0.6) is 0 Å². The van der Waals surface area contributed by atoms with Crippen molar-refractivity contribution in [3.63, 3.8) is 0 Å². The summed E-state index contributed by atoms with van der Waals surface area (Å²) >= 11 is 0. The number of halogens is 1. The van der Waals surface area contributed by atoms with E-state index >= 15 is 0 Å². The van der Waals surface area contributed by atoms with Gasteiger partial charge in [0.15, 0.2) is 5.78 Å². The van der Waals surface area contributed by atoms with Crippen LogP contribution in [0.15, 0.2) is 23.2 Å². The maximum atomic E-state index is 13.6. The number of hydrogen-bond acceptors (Lipinski definition) is 4. The molecule has 2 unspecified atom stereocenters. The fourth-order valence-electron chi connectivity index (χ4n) is 1.86. The highest BCUT2D eigenvalue weighted by atomic mass is 32.2. The minimum Gasteiger partial charge on any atom is -0.299 e. The van der Waals surface area contributed by atoms with Gasteiger partial charge in [-0.3, -0.25) is 13.8 Å². The molecule has 1 aliphatic heterocycles. The van der Waals surface area contributed by atoms with Gasteiger partial charge < -0.3 is 0 Å². The minimum absolute atomic E-state index is 0.0596. The molecule has 1 aromatic rings. The maximum Gasteiger partial charge on any atom is 0.182 e. The summed E-state index contributed by atoms with van der Waals surface area (Å²) in [5.41, 5.74) is -0.0744. The molecule has 0 radical (unpaired) electrons. The van der Waals surface area contributed by atoms with Gasteiger partial charge >= 0.3 is 0 Å². The van der Waals surface area contributed by atoms with E-state index in [1.54, 1.807) is 0 Å². The lowest BCUT2D eigenvalue weighted by Gasteiger charge is -2.20. The summed E-state index contributed by atoms with van der Waals surface area (Å²) in [4.78, 5) is 27.5. The first-order valence-electron chi connectivity index (χ1n) is 5.18. The van der Waals surface area contributed by atoms with Crippen LogP contribution in [0.4, 0.5) is 10.1 Å². The number of aliphatic imine (C=N–C) groups is 1. The van der Waals surface area contributed by atoms with Gasteiger partial charge in [-0.05, 0) is 19.1 Å². The number of hydrogen-bond donors (Lipinski definition) is 0. The van der Waals surface area contributed by atoms with Gasteiger partial charge in [0, 0.05) is 11.8 Å². The van der Waals surface area contributed by atoms with Crippen molar-refractivity contribution >= 4 is 33.1 Å². The molecular weight excluding hydrogens is 257 g/mol. The lowest BCUT2D eigenvalue weighted by atomic mass is 9.91. The molecule has 2 atom stereocenters. The van der Waals surface area contributed by atoms with E-state index < -0.39 is 34.1 Å². The Labute approximate surface area is 105 Å². The quantitative estimate of drug-likeness (QED) is 0.726. The summed E-state index contributed by atoms with van der Waals surface area (Å²) in [6, 6.07) is 3.96. The van der Waals surface area contributed by atoms with Crippen molar-refractivity contribution < 1.29 is 18.2 Å². The second kappa shape index (κ2) is 4.53. The fourth-order valence-corrected chi connectivity index (χ4v) is 2.68. The first-order chi connectivity index (χ1) is 8.43. The molecule has 0 saturated heterocycles. The standard InChI is InChI=1S/C12H10FNO3S/c1-6(15)9-11(16)7-4-3-5-8(13)10(7)14-12(9)18(2)17/h3-5,9H,1-2H3.